The number of rotatable bonds is 8. The van der Waals surface area contributed by atoms with Gasteiger partial charge in [-0.05, 0) is 52.5 Å². The van der Waals surface area contributed by atoms with Gasteiger partial charge in [-0.25, -0.2) is 9.97 Å². The summed E-state index contributed by atoms with van der Waals surface area (Å²) in [5, 5.41) is 0. The largest absolute Gasteiger partial charge is 0.354 e. The number of likely N-dealkylation sites (N-methyl/N-ethyl adjacent to an activating group) is 1. The van der Waals surface area contributed by atoms with E-state index in [4.69, 9.17) is 15.7 Å². The van der Waals surface area contributed by atoms with Gasteiger partial charge in [0.05, 0.1) is 17.4 Å². The zero-order valence-electron chi connectivity index (χ0n) is 19.4. The molecule has 3 rings (SSSR count). The molecule has 2 N–H and O–H groups in total. The summed E-state index contributed by atoms with van der Waals surface area (Å²) in [6, 6.07) is 8.48. The number of piperazine rings is 1. The Balaban J connectivity index is 0.00000155. The van der Waals surface area contributed by atoms with Crippen LogP contribution in [0.2, 0.25) is 0 Å². The average Bonchev–Trinajstić information content (AvgIpc) is 2.76. The first kappa shape index (κ1) is 24.2. The van der Waals surface area contributed by atoms with E-state index in [0.29, 0.717) is 6.54 Å². The molecule has 0 bridgehead atoms. The molecule has 166 valence electrons. The van der Waals surface area contributed by atoms with E-state index in [1.807, 2.05) is 39.1 Å². The van der Waals surface area contributed by atoms with Crippen LogP contribution in [0.3, 0.4) is 0 Å². The van der Waals surface area contributed by atoms with Gasteiger partial charge >= 0.3 is 0 Å². The lowest BCUT2D eigenvalue weighted by Crippen LogP contribution is -2.45. The van der Waals surface area contributed by atoms with Gasteiger partial charge in [0.15, 0.2) is 0 Å². The molecule has 3 heterocycles. The van der Waals surface area contributed by atoms with E-state index in [9.17, 15) is 0 Å². The van der Waals surface area contributed by atoms with Gasteiger partial charge in [-0.1, -0.05) is 19.9 Å². The Kier molecular flexibility index (Phi) is 10.1. The Morgan fingerprint density at radius 2 is 1.87 bits per heavy atom. The van der Waals surface area contributed by atoms with Crippen LogP contribution in [-0.2, 0) is 6.54 Å². The van der Waals surface area contributed by atoms with Gasteiger partial charge in [0.1, 0.15) is 11.6 Å². The van der Waals surface area contributed by atoms with Gasteiger partial charge in [0.2, 0.25) is 0 Å². The zero-order valence-corrected chi connectivity index (χ0v) is 19.4. The summed E-state index contributed by atoms with van der Waals surface area (Å²) in [4.78, 5) is 21.0. The molecule has 1 aliphatic heterocycles. The lowest BCUT2D eigenvalue weighted by molar-refractivity contribution is 0.215. The van der Waals surface area contributed by atoms with Gasteiger partial charge in [-0.2, -0.15) is 0 Å². The van der Waals surface area contributed by atoms with E-state index in [2.05, 4.69) is 45.9 Å². The second-order valence-electron chi connectivity index (χ2n) is 7.67. The predicted molar refractivity (Wildman–Crippen MR) is 125 cm³/mol. The molecule has 0 aliphatic carbocycles. The highest BCUT2D eigenvalue weighted by molar-refractivity contribution is 5.40. The fraction of sp³-hybridized carbons (Fsp3) is 0.609. The minimum Gasteiger partial charge on any atom is -0.354 e. The number of aromatic nitrogens is 3. The highest BCUT2D eigenvalue weighted by atomic mass is 15.3. The molecule has 1 atom stereocenters. The molecular weight excluding hydrogens is 374 g/mol. The Bertz CT molecular complexity index is 730. The number of nitrogens with zero attached hydrogens (tertiary/aromatic N) is 6. The highest BCUT2D eigenvalue weighted by Gasteiger charge is 2.20. The Hall–Kier alpha value is -2.09. The molecule has 0 radical (unpaired) electrons. The van der Waals surface area contributed by atoms with Crippen molar-refractivity contribution in [3.63, 3.8) is 0 Å². The Morgan fingerprint density at radius 1 is 1.13 bits per heavy atom. The van der Waals surface area contributed by atoms with Gasteiger partial charge in [0.25, 0.3) is 0 Å². The predicted octanol–water partition coefficient (Wildman–Crippen LogP) is 2.87. The summed E-state index contributed by atoms with van der Waals surface area (Å²) in [7, 11) is 4.31. The first-order valence-electron chi connectivity index (χ1n) is 11.2. The number of hydrogen-bond donors (Lipinski definition) is 1. The average molecular weight is 414 g/mol. The summed E-state index contributed by atoms with van der Waals surface area (Å²) in [5.74, 6) is 1.87. The van der Waals surface area contributed by atoms with Crippen LogP contribution < -0.4 is 10.6 Å². The van der Waals surface area contributed by atoms with Crippen molar-refractivity contribution in [3.8, 4) is 0 Å². The van der Waals surface area contributed by atoms with Crippen molar-refractivity contribution < 1.29 is 0 Å². The SMILES string of the molecule is CC.Cc1nc(CN(C)C(CCCN)c2ccccn2)cc(N2CCN(C)CC2)n1. The van der Waals surface area contributed by atoms with E-state index in [1.165, 1.54) is 0 Å². The summed E-state index contributed by atoms with van der Waals surface area (Å²) >= 11 is 0. The first-order chi connectivity index (χ1) is 14.6. The van der Waals surface area contributed by atoms with Crippen LogP contribution in [0.1, 0.15) is 49.9 Å². The normalized spacial score (nSPS) is 15.6. The number of anilines is 1. The van der Waals surface area contributed by atoms with Crippen molar-refractivity contribution in [2.75, 3.05) is 51.7 Å². The molecule has 7 nitrogen and oxygen atoms in total. The number of aryl methyl sites for hydroxylation is 1. The molecule has 1 unspecified atom stereocenters. The standard InChI is InChI=1S/C21H33N7.C2H6/c1-17-24-18(15-21(25-17)28-13-11-26(2)12-14-28)16-27(3)20(8-6-9-22)19-7-4-5-10-23-19;1-2/h4-5,7,10,15,20H,6,8-9,11-14,16,22H2,1-3H3;1-2H3. The van der Waals surface area contributed by atoms with Gasteiger partial charge in [-0.15, -0.1) is 0 Å². The molecule has 0 spiro atoms. The lowest BCUT2D eigenvalue weighted by atomic mass is 10.1. The maximum atomic E-state index is 5.77. The van der Waals surface area contributed by atoms with E-state index in [0.717, 1.165) is 68.6 Å². The van der Waals surface area contributed by atoms with Crippen molar-refractivity contribution in [1.29, 1.82) is 0 Å². The van der Waals surface area contributed by atoms with E-state index >= 15 is 0 Å². The minimum absolute atomic E-state index is 0.229. The van der Waals surface area contributed by atoms with Gasteiger partial charge in [-0.3, -0.25) is 9.88 Å². The van der Waals surface area contributed by atoms with Crippen LogP contribution in [0.25, 0.3) is 0 Å². The van der Waals surface area contributed by atoms with Crippen molar-refractivity contribution >= 4 is 5.82 Å². The molecule has 1 fully saturated rings. The van der Waals surface area contributed by atoms with Crippen LogP contribution in [0.4, 0.5) is 5.82 Å². The molecule has 0 aromatic carbocycles. The van der Waals surface area contributed by atoms with Crippen molar-refractivity contribution in [3.05, 3.63) is 47.7 Å². The maximum Gasteiger partial charge on any atom is 0.132 e. The molecule has 0 saturated carbocycles. The van der Waals surface area contributed by atoms with E-state index in [1.54, 1.807) is 0 Å². The fourth-order valence-corrected chi connectivity index (χ4v) is 3.73. The number of hydrogen-bond acceptors (Lipinski definition) is 7. The van der Waals surface area contributed by atoms with E-state index in [-0.39, 0.29) is 6.04 Å². The second-order valence-corrected chi connectivity index (χ2v) is 7.67. The van der Waals surface area contributed by atoms with Gasteiger partial charge in [0, 0.05) is 45.0 Å². The molecule has 1 saturated heterocycles. The van der Waals surface area contributed by atoms with Crippen LogP contribution in [-0.4, -0.2) is 71.6 Å². The highest BCUT2D eigenvalue weighted by Crippen LogP contribution is 2.25. The minimum atomic E-state index is 0.229. The summed E-state index contributed by atoms with van der Waals surface area (Å²) in [6.45, 7) is 11.6. The van der Waals surface area contributed by atoms with Gasteiger partial charge < -0.3 is 15.5 Å². The van der Waals surface area contributed by atoms with Crippen molar-refractivity contribution in [2.24, 2.45) is 5.73 Å². The zero-order chi connectivity index (χ0) is 21.9. The quantitative estimate of drug-likeness (QED) is 0.713. The lowest BCUT2D eigenvalue weighted by Gasteiger charge is -2.33. The second kappa shape index (κ2) is 12.6. The molecular formula is C23H39N7. The summed E-state index contributed by atoms with van der Waals surface area (Å²) in [6.07, 6.45) is 3.82. The third-order valence-corrected chi connectivity index (χ3v) is 5.36. The third-order valence-electron chi connectivity index (χ3n) is 5.36. The first-order valence-corrected chi connectivity index (χ1v) is 11.2. The fourth-order valence-electron chi connectivity index (χ4n) is 3.73. The molecule has 7 heteroatoms. The Morgan fingerprint density at radius 3 is 2.50 bits per heavy atom. The number of nitrogens with two attached hydrogens (primary N) is 1. The molecule has 1 aliphatic rings. The van der Waals surface area contributed by atoms with Crippen molar-refractivity contribution in [1.82, 2.24) is 24.8 Å². The molecule has 0 amide bonds. The van der Waals surface area contributed by atoms with Crippen LogP contribution in [0.15, 0.2) is 30.5 Å². The van der Waals surface area contributed by atoms with Crippen LogP contribution in [0, 0.1) is 6.92 Å². The summed E-state index contributed by atoms with van der Waals surface area (Å²) < 4.78 is 0. The van der Waals surface area contributed by atoms with Crippen molar-refractivity contribution in [2.45, 2.75) is 46.2 Å². The monoisotopic (exact) mass is 413 g/mol. The molecule has 30 heavy (non-hydrogen) atoms. The smallest absolute Gasteiger partial charge is 0.132 e. The summed E-state index contributed by atoms with van der Waals surface area (Å²) in [5.41, 5.74) is 7.91. The topological polar surface area (TPSA) is 74.4 Å². The third kappa shape index (κ3) is 7.00. The molecule has 2 aromatic rings. The molecule has 2 aromatic heterocycles. The van der Waals surface area contributed by atoms with E-state index < -0.39 is 0 Å². The Labute approximate surface area is 182 Å². The number of pyridine rings is 1. The maximum absolute atomic E-state index is 5.77. The van der Waals surface area contributed by atoms with Crippen LogP contribution in [0.5, 0.6) is 0 Å². The van der Waals surface area contributed by atoms with Crippen LogP contribution >= 0.6 is 0 Å².